The largest absolute Gasteiger partial charge is 0.366 e. The van der Waals surface area contributed by atoms with Gasteiger partial charge in [-0.15, -0.1) is 0 Å². The molecule has 80 valence electrons. The van der Waals surface area contributed by atoms with Crippen LogP contribution in [0.2, 0.25) is 0 Å². The molecule has 0 aromatic carbocycles. The van der Waals surface area contributed by atoms with Crippen LogP contribution in [-0.4, -0.2) is 24.6 Å². The SMILES string of the molecule is NC(=O)c1ccc(S(=O)(=O)C2CC2)nc1. The Balaban J connectivity index is 2.35. The first-order chi connectivity index (χ1) is 7.01. The van der Waals surface area contributed by atoms with Gasteiger partial charge in [0, 0.05) is 6.20 Å². The third-order valence-corrected chi connectivity index (χ3v) is 4.45. The smallest absolute Gasteiger partial charge is 0.250 e. The molecule has 1 fully saturated rings. The van der Waals surface area contributed by atoms with E-state index in [4.69, 9.17) is 5.73 Å². The second-order valence-electron chi connectivity index (χ2n) is 3.49. The van der Waals surface area contributed by atoms with E-state index < -0.39 is 15.7 Å². The standard InChI is InChI=1S/C9H10N2O3S/c10-9(12)6-1-4-8(11-5-6)15(13,14)7-2-3-7/h1,4-5,7H,2-3H2,(H2,10,12). The first-order valence-electron chi connectivity index (χ1n) is 4.51. The molecule has 0 atom stereocenters. The van der Waals surface area contributed by atoms with Crippen molar-refractivity contribution < 1.29 is 13.2 Å². The first kappa shape index (κ1) is 10.1. The summed E-state index contributed by atoms with van der Waals surface area (Å²) >= 11 is 0. The number of primary amides is 1. The van der Waals surface area contributed by atoms with E-state index in [0.717, 1.165) is 0 Å². The van der Waals surface area contributed by atoms with Crippen LogP contribution in [0.5, 0.6) is 0 Å². The lowest BCUT2D eigenvalue weighted by atomic mass is 10.3. The summed E-state index contributed by atoms with van der Waals surface area (Å²) in [6.45, 7) is 0. The van der Waals surface area contributed by atoms with Crippen LogP contribution in [0.15, 0.2) is 23.4 Å². The van der Waals surface area contributed by atoms with Crippen molar-refractivity contribution in [1.82, 2.24) is 4.98 Å². The van der Waals surface area contributed by atoms with Gasteiger partial charge < -0.3 is 5.73 Å². The fourth-order valence-electron chi connectivity index (χ4n) is 1.24. The number of nitrogens with two attached hydrogens (primary N) is 1. The molecular weight excluding hydrogens is 216 g/mol. The molecule has 1 heterocycles. The maximum atomic E-state index is 11.7. The van der Waals surface area contributed by atoms with Crippen molar-refractivity contribution in [2.45, 2.75) is 23.1 Å². The highest BCUT2D eigenvalue weighted by atomic mass is 32.2. The minimum atomic E-state index is -3.27. The molecule has 5 nitrogen and oxygen atoms in total. The molecular formula is C9H10N2O3S. The van der Waals surface area contributed by atoms with E-state index in [1.54, 1.807) is 0 Å². The molecule has 6 heteroatoms. The van der Waals surface area contributed by atoms with Crippen LogP contribution >= 0.6 is 0 Å². The molecule has 1 saturated carbocycles. The van der Waals surface area contributed by atoms with E-state index >= 15 is 0 Å². The number of nitrogens with zero attached hydrogens (tertiary/aromatic N) is 1. The maximum absolute atomic E-state index is 11.7. The molecule has 0 saturated heterocycles. The lowest BCUT2D eigenvalue weighted by Gasteiger charge is -2.01. The van der Waals surface area contributed by atoms with E-state index in [2.05, 4.69) is 4.98 Å². The van der Waals surface area contributed by atoms with Gasteiger partial charge in [-0.05, 0) is 25.0 Å². The van der Waals surface area contributed by atoms with Crippen LogP contribution < -0.4 is 5.73 Å². The highest BCUT2D eigenvalue weighted by molar-refractivity contribution is 7.92. The highest BCUT2D eigenvalue weighted by Crippen LogP contribution is 2.32. The molecule has 2 N–H and O–H groups in total. The Hall–Kier alpha value is -1.43. The zero-order valence-corrected chi connectivity index (χ0v) is 8.70. The number of hydrogen-bond acceptors (Lipinski definition) is 4. The zero-order chi connectivity index (χ0) is 11.1. The summed E-state index contributed by atoms with van der Waals surface area (Å²) in [6, 6.07) is 2.71. The quantitative estimate of drug-likeness (QED) is 0.792. The fraction of sp³-hybridized carbons (Fsp3) is 0.333. The van der Waals surface area contributed by atoms with Gasteiger partial charge in [-0.25, -0.2) is 13.4 Å². The Labute approximate surface area is 87.2 Å². The summed E-state index contributed by atoms with van der Waals surface area (Å²) in [4.78, 5) is 14.5. The molecule has 1 aromatic rings. The second kappa shape index (κ2) is 3.30. The Kier molecular flexibility index (Phi) is 2.22. The van der Waals surface area contributed by atoms with Gasteiger partial charge in [0.15, 0.2) is 14.9 Å². The summed E-state index contributed by atoms with van der Waals surface area (Å²) in [7, 11) is -3.27. The predicted molar refractivity (Wildman–Crippen MR) is 53.0 cm³/mol. The Morgan fingerprint density at radius 3 is 2.47 bits per heavy atom. The van der Waals surface area contributed by atoms with Crippen molar-refractivity contribution in [3.05, 3.63) is 23.9 Å². The van der Waals surface area contributed by atoms with E-state index in [-0.39, 0.29) is 15.8 Å². The lowest BCUT2D eigenvalue weighted by Crippen LogP contribution is -2.13. The Bertz CT molecular complexity index is 489. The normalized spacial score (nSPS) is 16.3. The molecule has 15 heavy (non-hydrogen) atoms. The monoisotopic (exact) mass is 226 g/mol. The van der Waals surface area contributed by atoms with Crippen molar-refractivity contribution in [3.63, 3.8) is 0 Å². The summed E-state index contributed by atoms with van der Waals surface area (Å²) < 4.78 is 23.4. The van der Waals surface area contributed by atoms with Gasteiger partial charge in [0.1, 0.15) is 0 Å². The van der Waals surface area contributed by atoms with Crippen LogP contribution in [0.1, 0.15) is 23.2 Å². The van der Waals surface area contributed by atoms with Crippen LogP contribution in [0.4, 0.5) is 0 Å². The minimum absolute atomic E-state index is 0.0231. The first-order valence-corrected chi connectivity index (χ1v) is 6.06. The summed E-state index contributed by atoms with van der Waals surface area (Å²) in [6.07, 6.45) is 2.58. The van der Waals surface area contributed by atoms with Crippen molar-refractivity contribution in [2.75, 3.05) is 0 Å². The van der Waals surface area contributed by atoms with Crippen molar-refractivity contribution >= 4 is 15.7 Å². The average molecular weight is 226 g/mol. The van der Waals surface area contributed by atoms with E-state index in [1.807, 2.05) is 0 Å². The van der Waals surface area contributed by atoms with Gasteiger partial charge in [-0.3, -0.25) is 4.79 Å². The summed E-state index contributed by atoms with van der Waals surface area (Å²) in [5.41, 5.74) is 5.23. The molecule has 0 spiro atoms. The molecule has 0 unspecified atom stereocenters. The molecule has 0 radical (unpaired) electrons. The molecule has 1 aliphatic rings. The number of amides is 1. The maximum Gasteiger partial charge on any atom is 0.250 e. The third-order valence-electron chi connectivity index (χ3n) is 2.28. The van der Waals surface area contributed by atoms with Crippen molar-refractivity contribution in [3.8, 4) is 0 Å². The molecule has 0 aliphatic heterocycles. The average Bonchev–Trinajstić information content (AvgIpc) is 3.01. The number of sulfone groups is 1. The van der Waals surface area contributed by atoms with Crippen LogP contribution in [0.25, 0.3) is 0 Å². The van der Waals surface area contributed by atoms with Crippen molar-refractivity contribution in [2.24, 2.45) is 5.73 Å². The Morgan fingerprint density at radius 1 is 1.40 bits per heavy atom. The molecule has 0 bridgehead atoms. The zero-order valence-electron chi connectivity index (χ0n) is 7.88. The topological polar surface area (TPSA) is 90.1 Å². The molecule has 2 rings (SSSR count). The number of carbonyl (C=O) groups excluding carboxylic acids is 1. The van der Waals surface area contributed by atoms with Crippen LogP contribution in [0, 0.1) is 0 Å². The van der Waals surface area contributed by atoms with Crippen molar-refractivity contribution in [1.29, 1.82) is 0 Å². The lowest BCUT2D eigenvalue weighted by molar-refractivity contribution is 0.1000. The molecule has 1 amide bonds. The number of rotatable bonds is 3. The predicted octanol–water partition coefficient (Wildman–Crippen LogP) is 0.117. The van der Waals surface area contributed by atoms with Crippen LogP contribution in [-0.2, 0) is 9.84 Å². The van der Waals surface area contributed by atoms with Crippen LogP contribution in [0.3, 0.4) is 0 Å². The molecule has 1 aromatic heterocycles. The van der Waals surface area contributed by atoms with Gasteiger partial charge >= 0.3 is 0 Å². The minimum Gasteiger partial charge on any atom is -0.366 e. The number of pyridine rings is 1. The number of hydrogen-bond donors (Lipinski definition) is 1. The van der Waals surface area contributed by atoms with Gasteiger partial charge in [-0.2, -0.15) is 0 Å². The van der Waals surface area contributed by atoms with E-state index in [9.17, 15) is 13.2 Å². The van der Waals surface area contributed by atoms with Gasteiger partial charge in [0.25, 0.3) is 0 Å². The van der Waals surface area contributed by atoms with E-state index in [0.29, 0.717) is 12.8 Å². The second-order valence-corrected chi connectivity index (χ2v) is 5.67. The molecule has 1 aliphatic carbocycles. The van der Waals surface area contributed by atoms with E-state index in [1.165, 1.54) is 18.3 Å². The summed E-state index contributed by atoms with van der Waals surface area (Å²) in [5.74, 6) is -0.613. The fourth-order valence-corrected chi connectivity index (χ4v) is 2.80. The summed E-state index contributed by atoms with van der Waals surface area (Å²) in [5, 5.41) is -0.264. The van der Waals surface area contributed by atoms with Gasteiger partial charge in [-0.1, -0.05) is 0 Å². The van der Waals surface area contributed by atoms with Gasteiger partial charge in [0.2, 0.25) is 5.91 Å². The highest BCUT2D eigenvalue weighted by Gasteiger charge is 2.37. The Morgan fingerprint density at radius 2 is 2.07 bits per heavy atom. The third kappa shape index (κ3) is 1.85. The number of carbonyl (C=O) groups is 1. The number of aromatic nitrogens is 1. The van der Waals surface area contributed by atoms with Gasteiger partial charge in [0.05, 0.1) is 10.8 Å².